The third kappa shape index (κ3) is 4.76. The summed E-state index contributed by atoms with van der Waals surface area (Å²) in [4.78, 5) is 24.4. The van der Waals surface area contributed by atoms with Gasteiger partial charge in [0.15, 0.2) is 5.76 Å². The van der Waals surface area contributed by atoms with Crippen molar-refractivity contribution in [2.45, 2.75) is 20.0 Å². The van der Waals surface area contributed by atoms with E-state index in [1.807, 2.05) is 49.4 Å². The summed E-state index contributed by atoms with van der Waals surface area (Å²) in [7, 11) is 0. The van der Waals surface area contributed by atoms with E-state index in [1.165, 1.54) is 6.26 Å². The molecule has 3 aromatic rings. The topological polar surface area (TPSA) is 80.6 Å². The molecule has 3 rings (SSSR count). The maximum Gasteiger partial charge on any atom is 0.305 e. The molecule has 0 saturated carbocycles. The van der Waals surface area contributed by atoms with Gasteiger partial charge in [-0.25, -0.2) is 0 Å². The summed E-state index contributed by atoms with van der Waals surface area (Å²) in [5.41, 5.74) is 6.92. The van der Waals surface area contributed by atoms with Crippen LogP contribution in [0.15, 0.2) is 71.3 Å². The zero-order valence-electron chi connectivity index (χ0n) is 14.9. The van der Waals surface area contributed by atoms with E-state index in [4.69, 9.17) is 9.15 Å². The second-order valence-corrected chi connectivity index (χ2v) is 5.84. The van der Waals surface area contributed by atoms with Crippen LogP contribution in [0.5, 0.6) is 5.75 Å². The molecule has 0 radical (unpaired) electrons. The van der Waals surface area contributed by atoms with Crippen LogP contribution in [0.4, 0.5) is 0 Å². The Kier molecular flexibility index (Phi) is 5.89. The molecular formula is C21H20N2O4. The van der Waals surface area contributed by atoms with Crippen LogP contribution in [0.3, 0.4) is 0 Å². The van der Waals surface area contributed by atoms with E-state index in [9.17, 15) is 9.59 Å². The van der Waals surface area contributed by atoms with Crippen LogP contribution in [0.25, 0.3) is 0 Å². The van der Waals surface area contributed by atoms with Gasteiger partial charge < -0.3 is 9.15 Å². The number of ether oxygens (including phenoxy) is 1. The molecule has 2 amide bonds. The summed E-state index contributed by atoms with van der Waals surface area (Å²) in [6.45, 7) is 2.22. The van der Waals surface area contributed by atoms with Gasteiger partial charge in [-0.2, -0.15) is 0 Å². The Balaban J connectivity index is 1.56. The Hall–Kier alpha value is -3.54. The SMILES string of the molecule is CCc1ccc(C(=O)NNC(=O)c2occc2COc2ccccc2)cc1. The number of hydrogen-bond donors (Lipinski definition) is 2. The number of para-hydroxylation sites is 1. The van der Waals surface area contributed by atoms with Gasteiger partial charge in [0, 0.05) is 11.1 Å². The van der Waals surface area contributed by atoms with Gasteiger partial charge in [0.25, 0.3) is 5.91 Å². The van der Waals surface area contributed by atoms with Crippen LogP contribution in [-0.4, -0.2) is 11.8 Å². The summed E-state index contributed by atoms with van der Waals surface area (Å²) >= 11 is 0. The average molecular weight is 364 g/mol. The number of carbonyl (C=O) groups excluding carboxylic acids is 2. The van der Waals surface area contributed by atoms with E-state index in [0.29, 0.717) is 16.9 Å². The van der Waals surface area contributed by atoms with Crippen LogP contribution < -0.4 is 15.6 Å². The molecule has 2 aromatic carbocycles. The normalized spacial score (nSPS) is 10.3. The highest BCUT2D eigenvalue weighted by molar-refractivity contribution is 5.98. The fourth-order valence-electron chi connectivity index (χ4n) is 2.46. The van der Waals surface area contributed by atoms with Crippen molar-refractivity contribution in [1.82, 2.24) is 10.9 Å². The minimum absolute atomic E-state index is 0.0903. The van der Waals surface area contributed by atoms with Gasteiger partial charge in [0.05, 0.1) is 6.26 Å². The summed E-state index contributed by atoms with van der Waals surface area (Å²) in [5, 5.41) is 0. The van der Waals surface area contributed by atoms with Crippen molar-refractivity contribution in [2.75, 3.05) is 0 Å². The van der Waals surface area contributed by atoms with Crippen molar-refractivity contribution in [3.8, 4) is 5.75 Å². The van der Waals surface area contributed by atoms with Gasteiger partial charge >= 0.3 is 5.91 Å². The fraction of sp³-hybridized carbons (Fsp3) is 0.143. The predicted octanol–water partition coefficient (Wildman–Crippen LogP) is 3.50. The lowest BCUT2D eigenvalue weighted by Gasteiger charge is -2.08. The lowest BCUT2D eigenvalue weighted by Crippen LogP contribution is -2.41. The van der Waals surface area contributed by atoms with Crippen LogP contribution >= 0.6 is 0 Å². The Morgan fingerprint density at radius 1 is 0.926 bits per heavy atom. The van der Waals surface area contributed by atoms with Crippen LogP contribution in [0.1, 0.15) is 39.0 Å². The van der Waals surface area contributed by atoms with E-state index in [2.05, 4.69) is 10.9 Å². The second kappa shape index (κ2) is 8.71. The lowest BCUT2D eigenvalue weighted by atomic mass is 10.1. The molecule has 0 aliphatic rings. The number of amides is 2. The third-order valence-corrected chi connectivity index (χ3v) is 4.00. The first-order chi connectivity index (χ1) is 13.2. The molecule has 138 valence electrons. The Morgan fingerprint density at radius 2 is 1.63 bits per heavy atom. The van der Waals surface area contributed by atoms with Crippen LogP contribution in [-0.2, 0) is 13.0 Å². The molecule has 1 aromatic heterocycles. The van der Waals surface area contributed by atoms with Crippen LogP contribution in [0, 0.1) is 0 Å². The maximum absolute atomic E-state index is 12.3. The molecule has 0 atom stereocenters. The van der Waals surface area contributed by atoms with Crippen molar-refractivity contribution in [3.63, 3.8) is 0 Å². The van der Waals surface area contributed by atoms with Crippen molar-refractivity contribution >= 4 is 11.8 Å². The average Bonchev–Trinajstić information content (AvgIpc) is 3.20. The molecule has 6 heteroatoms. The largest absolute Gasteiger partial charge is 0.489 e. The summed E-state index contributed by atoms with van der Waals surface area (Å²) in [5.74, 6) is -0.175. The maximum atomic E-state index is 12.3. The van der Waals surface area contributed by atoms with E-state index in [-0.39, 0.29) is 12.4 Å². The fourth-order valence-corrected chi connectivity index (χ4v) is 2.46. The number of aryl methyl sites for hydroxylation is 1. The molecule has 0 aliphatic carbocycles. The molecule has 0 bridgehead atoms. The number of hydrazine groups is 1. The standard InChI is InChI=1S/C21H20N2O4/c1-2-15-8-10-16(11-9-15)20(24)22-23-21(25)19-17(12-13-26-19)14-27-18-6-4-3-5-7-18/h3-13H,2,14H2,1H3,(H,22,24)(H,23,25). The minimum Gasteiger partial charge on any atom is -0.489 e. The highest BCUT2D eigenvalue weighted by Crippen LogP contribution is 2.15. The zero-order valence-corrected chi connectivity index (χ0v) is 14.9. The van der Waals surface area contributed by atoms with E-state index in [0.717, 1.165) is 12.0 Å². The van der Waals surface area contributed by atoms with Gasteiger partial charge in [-0.1, -0.05) is 37.3 Å². The van der Waals surface area contributed by atoms with Crippen molar-refractivity contribution in [3.05, 3.63) is 89.4 Å². The first-order valence-electron chi connectivity index (χ1n) is 8.61. The molecule has 27 heavy (non-hydrogen) atoms. The summed E-state index contributed by atoms with van der Waals surface area (Å²) in [6, 6.07) is 18.1. The summed E-state index contributed by atoms with van der Waals surface area (Å²) in [6.07, 6.45) is 2.30. The monoisotopic (exact) mass is 364 g/mol. The molecule has 6 nitrogen and oxygen atoms in total. The molecule has 1 heterocycles. The minimum atomic E-state index is -0.551. The quantitative estimate of drug-likeness (QED) is 0.656. The Morgan fingerprint density at radius 3 is 2.33 bits per heavy atom. The molecule has 0 fully saturated rings. The highest BCUT2D eigenvalue weighted by Gasteiger charge is 2.17. The van der Waals surface area contributed by atoms with E-state index in [1.54, 1.807) is 18.2 Å². The molecular weight excluding hydrogens is 344 g/mol. The van der Waals surface area contributed by atoms with Gasteiger partial charge in [-0.05, 0) is 42.3 Å². The van der Waals surface area contributed by atoms with E-state index >= 15 is 0 Å². The van der Waals surface area contributed by atoms with Crippen LogP contribution in [0.2, 0.25) is 0 Å². The molecule has 0 spiro atoms. The van der Waals surface area contributed by atoms with Crippen molar-refractivity contribution in [2.24, 2.45) is 0 Å². The first-order valence-corrected chi connectivity index (χ1v) is 8.61. The number of hydrogen-bond acceptors (Lipinski definition) is 4. The summed E-state index contributed by atoms with van der Waals surface area (Å²) < 4.78 is 10.9. The number of furan rings is 1. The Bertz CT molecular complexity index is 901. The van der Waals surface area contributed by atoms with Crippen molar-refractivity contribution in [1.29, 1.82) is 0 Å². The number of carbonyl (C=O) groups is 2. The highest BCUT2D eigenvalue weighted by atomic mass is 16.5. The molecule has 2 N–H and O–H groups in total. The molecule has 0 aliphatic heterocycles. The smallest absolute Gasteiger partial charge is 0.305 e. The number of rotatable bonds is 6. The van der Waals surface area contributed by atoms with Gasteiger partial charge in [0.1, 0.15) is 12.4 Å². The molecule has 0 saturated heterocycles. The zero-order chi connectivity index (χ0) is 19.1. The second-order valence-electron chi connectivity index (χ2n) is 5.84. The van der Waals surface area contributed by atoms with Crippen molar-refractivity contribution < 1.29 is 18.7 Å². The number of benzene rings is 2. The third-order valence-electron chi connectivity index (χ3n) is 4.00. The first kappa shape index (κ1) is 18.3. The van der Waals surface area contributed by atoms with E-state index < -0.39 is 11.8 Å². The molecule has 0 unspecified atom stereocenters. The lowest BCUT2D eigenvalue weighted by molar-refractivity contribution is 0.0829. The van der Waals surface area contributed by atoms with Gasteiger partial charge in [0.2, 0.25) is 0 Å². The Labute approximate surface area is 157 Å². The van der Waals surface area contributed by atoms with Gasteiger partial charge in [-0.15, -0.1) is 0 Å². The van der Waals surface area contributed by atoms with Gasteiger partial charge in [-0.3, -0.25) is 20.4 Å². The number of nitrogens with one attached hydrogen (secondary N) is 2. The predicted molar refractivity (Wildman–Crippen MR) is 100 cm³/mol.